The zero-order valence-corrected chi connectivity index (χ0v) is 15.2. The number of hydrogen-bond acceptors (Lipinski definition) is 3. The Morgan fingerprint density at radius 1 is 1.32 bits per heavy atom. The molecule has 1 N–H and O–H groups in total. The molecule has 128 valence electrons. The Labute approximate surface area is 136 Å². The number of rotatable bonds is 9. The lowest BCUT2D eigenvalue weighted by Gasteiger charge is -2.28. The molecule has 0 fully saturated rings. The molecule has 0 radical (unpaired) electrons. The van der Waals surface area contributed by atoms with Crippen LogP contribution in [0, 0.1) is 5.92 Å². The second-order valence-corrected chi connectivity index (χ2v) is 7.61. The number of nitrogens with zero attached hydrogens (tertiary/aromatic N) is 2. The maximum Gasteiger partial charge on any atom is 0.0900 e. The largest absolute Gasteiger partial charge is 0.389 e. The Kier molecular flexibility index (Phi) is 7.60. The minimum Gasteiger partial charge on any atom is -0.389 e. The molecule has 0 saturated carbocycles. The minimum atomic E-state index is -0.452. The van der Waals surface area contributed by atoms with Gasteiger partial charge in [-0.3, -0.25) is 4.90 Å². The van der Waals surface area contributed by atoms with E-state index in [-0.39, 0.29) is 5.60 Å². The van der Waals surface area contributed by atoms with Gasteiger partial charge in [0.1, 0.15) is 0 Å². The molecule has 1 heterocycles. The average molecular weight is 310 g/mol. The van der Waals surface area contributed by atoms with Gasteiger partial charge in [-0.1, -0.05) is 13.8 Å². The third-order valence-corrected chi connectivity index (χ3v) is 3.64. The molecule has 0 aromatic carbocycles. The van der Waals surface area contributed by atoms with E-state index in [9.17, 15) is 5.11 Å². The molecule has 0 unspecified atom stereocenters. The zero-order valence-electron chi connectivity index (χ0n) is 15.2. The van der Waals surface area contributed by atoms with E-state index in [1.165, 1.54) is 5.69 Å². The molecule has 0 bridgehead atoms. The van der Waals surface area contributed by atoms with Crippen molar-refractivity contribution in [1.29, 1.82) is 0 Å². The number of hydrogen-bond donors (Lipinski definition) is 1. The normalized spacial score (nSPS) is 14.0. The highest BCUT2D eigenvalue weighted by Crippen LogP contribution is 2.11. The van der Waals surface area contributed by atoms with Gasteiger partial charge in [-0.25, -0.2) is 0 Å². The summed E-state index contributed by atoms with van der Waals surface area (Å²) in [4.78, 5) is 2.33. The molecule has 0 aliphatic heterocycles. The molecule has 4 nitrogen and oxygen atoms in total. The van der Waals surface area contributed by atoms with Gasteiger partial charge in [-0.15, -0.1) is 0 Å². The van der Waals surface area contributed by atoms with E-state index in [1.54, 1.807) is 0 Å². The van der Waals surface area contributed by atoms with Crippen LogP contribution in [0.1, 0.15) is 46.7 Å². The van der Waals surface area contributed by atoms with Crippen LogP contribution in [0.5, 0.6) is 0 Å². The lowest BCUT2D eigenvalue weighted by molar-refractivity contribution is -0.0569. The van der Waals surface area contributed by atoms with Gasteiger partial charge in [0.25, 0.3) is 0 Å². The molecule has 0 aliphatic rings. The Morgan fingerprint density at radius 3 is 2.50 bits per heavy atom. The zero-order chi connectivity index (χ0) is 16.8. The average Bonchev–Trinajstić information content (AvgIpc) is 2.78. The van der Waals surface area contributed by atoms with E-state index in [1.807, 2.05) is 20.8 Å². The van der Waals surface area contributed by atoms with Crippen molar-refractivity contribution in [3.63, 3.8) is 0 Å². The molecular formula is C18H34N2O2. The van der Waals surface area contributed by atoms with E-state index in [0.29, 0.717) is 19.1 Å². The Hall–Kier alpha value is -0.840. The molecule has 1 aromatic rings. The van der Waals surface area contributed by atoms with Gasteiger partial charge < -0.3 is 14.4 Å². The summed E-state index contributed by atoms with van der Waals surface area (Å²) in [5, 5.41) is 10.3. The van der Waals surface area contributed by atoms with Crippen molar-refractivity contribution in [2.24, 2.45) is 13.0 Å². The van der Waals surface area contributed by atoms with Crippen molar-refractivity contribution in [3.8, 4) is 0 Å². The lowest BCUT2D eigenvalue weighted by atomic mass is 10.1. The predicted octanol–water partition coefficient (Wildman–Crippen LogP) is 3.05. The number of ether oxygens (including phenoxy) is 1. The summed E-state index contributed by atoms with van der Waals surface area (Å²) < 4.78 is 7.83. The van der Waals surface area contributed by atoms with Gasteiger partial charge in [-0.2, -0.15) is 0 Å². The molecule has 1 atom stereocenters. The van der Waals surface area contributed by atoms with Gasteiger partial charge in [0, 0.05) is 32.0 Å². The van der Waals surface area contributed by atoms with Crippen molar-refractivity contribution in [2.45, 2.75) is 59.3 Å². The van der Waals surface area contributed by atoms with Crippen LogP contribution in [0.4, 0.5) is 0 Å². The highest BCUT2D eigenvalue weighted by atomic mass is 16.5. The van der Waals surface area contributed by atoms with Crippen LogP contribution < -0.4 is 0 Å². The molecule has 4 heteroatoms. The fraction of sp³-hybridized carbons (Fsp3) is 0.778. The number of aromatic nitrogens is 1. The van der Waals surface area contributed by atoms with E-state index in [2.05, 4.69) is 48.7 Å². The van der Waals surface area contributed by atoms with Gasteiger partial charge in [-0.05, 0) is 51.8 Å². The van der Waals surface area contributed by atoms with Crippen molar-refractivity contribution in [3.05, 3.63) is 24.0 Å². The number of aliphatic hydroxyl groups is 1. The lowest BCUT2D eigenvalue weighted by Crippen LogP contribution is -2.37. The van der Waals surface area contributed by atoms with Crippen molar-refractivity contribution in [2.75, 3.05) is 19.7 Å². The summed E-state index contributed by atoms with van der Waals surface area (Å²) in [7, 11) is 2.06. The molecular weight excluding hydrogens is 276 g/mol. The Morgan fingerprint density at radius 2 is 2.00 bits per heavy atom. The van der Waals surface area contributed by atoms with Crippen LogP contribution in [0.2, 0.25) is 0 Å². The maximum absolute atomic E-state index is 10.3. The monoisotopic (exact) mass is 310 g/mol. The summed E-state index contributed by atoms with van der Waals surface area (Å²) in [6, 6.07) is 4.20. The van der Waals surface area contributed by atoms with E-state index >= 15 is 0 Å². The molecule has 22 heavy (non-hydrogen) atoms. The third-order valence-electron chi connectivity index (χ3n) is 3.64. The summed E-state index contributed by atoms with van der Waals surface area (Å²) in [6.07, 6.45) is 2.75. The summed E-state index contributed by atoms with van der Waals surface area (Å²) in [5.41, 5.74) is 1.06. The van der Waals surface area contributed by atoms with Crippen LogP contribution in [-0.2, 0) is 18.3 Å². The van der Waals surface area contributed by atoms with Gasteiger partial charge >= 0.3 is 0 Å². The van der Waals surface area contributed by atoms with Crippen molar-refractivity contribution < 1.29 is 9.84 Å². The smallest absolute Gasteiger partial charge is 0.0900 e. The van der Waals surface area contributed by atoms with Gasteiger partial charge in [0.15, 0.2) is 0 Å². The number of aryl methyl sites for hydroxylation is 1. The highest BCUT2D eigenvalue weighted by Gasteiger charge is 2.17. The second kappa shape index (κ2) is 8.70. The SMILES string of the molecule is CC(C)CCN(Cc1cccn1C)C[C@@H](O)COC(C)(C)C. The summed E-state index contributed by atoms with van der Waals surface area (Å²) in [6.45, 7) is 13.4. The van der Waals surface area contributed by atoms with E-state index in [0.717, 1.165) is 19.5 Å². The quantitative estimate of drug-likeness (QED) is 0.762. The van der Waals surface area contributed by atoms with E-state index < -0.39 is 6.10 Å². The fourth-order valence-electron chi connectivity index (χ4n) is 2.26. The third kappa shape index (κ3) is 7.97. The molecule has 1 aromatic heterocycles. The number of aliphatic hydroxyl groups excluding tert-OH is 1. The first kappa shape index (κ1) is 19.2. The topological polar surface area (TPSA) is 37.6 Å². The molecule has 0 amide bonds. The van der Waals surface area contributed by atoms with E-state index in [4.69, 9.17) is 4.74 Å². The van der Waals surface area contributed by atoms with Gasteiger partial charge in [0.2, 0.25) is 0 Å². The molecule has 0 saturated heterocycles. The standard InChI is InChI=1S/C18H34N2O2/c1-15(2)9-11-20(12-16-8-7-10-19(16)6)13-17(21)14-22-18(3,4)5/h7-8,10,15,17,21H,9,11-14H2,1-6H3/t17-/m1/s1. The van der Waals surface area contributed by atoms with Crippen molar-refractivity contribution >= 4 is 0 Å². The fourth-order valence-corrected chi connectivity index (χ4v) is 2.26. The maximum atomic E-state index is 10.3. The minimum absolute atomic E-state index is 0.206. The Balaban J connectivity index is 2.55. The first-order valence-corrected chi connectivity index (χ1v) is 8.32. The first-order valence-electron chi connectivity index (χ1n) is 8.32. The van der Waals surface area contributed by atoms with Crippen molar-refractivity contribution in [1.82, 2.24) is 9.47 Å². The summed E-state index contributed by atoms with van der Waals surface area (Å²) in [5.74, 6) is 0.666. The first-order chi connectivity index (χ1) is 10.2. The van der Waals surface area contributed by atoms with Crippen LogP contribution in [0.15, 0.2) is 18.3 Å². The van der Waals surface area contributed by atoms with Crippen LogP contribution in [0.3, 0.4) is 0 Å². The van der Waals surface area contributed by atoms with Crippen LogP contribution in [0.25, 0.3) is 0 Å². The molecule has 1 rings (SSSR count). The highest BCUT2D eigenvalue weighted by molar-refractivity contribution is 5.06. The predicted molar refractivity (Wildman–Crippen MR) is 91.9 cm³/mol. The summed E-state index contributed by atoms with van der Waals surface area (Å²) >= 11 is 0. The molecule has 0 spiro atoms. The molecule has 0 aliphatic carbocycles. The van der Waals surface area contributed by atoms with Gasteiger partial charge in [0.05, 0.1) is 18.3 Å². The van der Waals surface area contributed by atoms with Crippen LogP contribution in [-0.4, -0.2) is 46.0 Å². The van der Waals surface area contributed by atoms with Crippen LogP contribution >= 0.6 is 0 Å². The Bertz CT molecular complexity index is 421. The second-order valence-electron chi connectivity index (χ2n) is 7.61.